The second kappa shape index (κ2) is 12.2. The molecule has 4 heteroatoms. The van der Waals surface area contributed by atoms with Crippen molar-refractivity contribution in [1.29, 1.82) is 0 Å². The first kappa shape index (κ1) is 25.2. The lowest BCUT2D eigenvalue weighted by atomic mass is 10.0. The van der Waals surface area contributed by atoms with Crippen LogP contribution >= 0.6 is 0 Å². The number of rotatable bonds is 10. The van der Waals surface area contributed by atoms with E-state index >= 15 is 0 Å². The van der Waals surface area contributed by atoms with E-state index in [1.165, 1.54) is 11.1 Å². The molecule has 34 heavy (non-hydrogen) atoms. The normalized spacial score (nSPS) is 11.9. The topological polar surface area (TPSA) is 65.2 Å². The van der Waals surface area contributed by atoms with Gasteiger partial charge < -0.3 is 10.2 Å². The summed E-state index contributed by atoms with van der Waals surface area (Å²) < 4.78 is 0. The molecule has 0 heterocycles. The number of phenolic OH excluding ortho intramolecular Hbond substituents is 2. The predicted octanol–water partition coefficient (Wildman–Crippen LogP) is 7.78. The Balaban J connectivity index is 1.67. The van der Waals surface area contributed by atoms with Crippen LogP contribution in [0.1, 0.15) is 62.8 Å². The fraction of sp³-hybridized carbons (Fsp3) is 0.333. The van der Waals surface area contributed by atoms with E-state index in [1.807, 2.05) is 48.5 Å². The molecule has 0 amide bonds. The lowest BCUT2D eigenvalue weighted by molar-refractivity contribution is 0.473. The van der Waals surface area contributed by atoms with E-state index in [0.29, 0.717) is 11.8 Å². The van der Waals surface area contributed by atoms with E-state index < -0.39 is 0 Å². The zero-order valence-corrected chi connectivity index (χ0v) is 20.7. The minimum Gasteiger partial charge on any atom is -0.507 e. The summed E-state index contributed by atoms with van der Waals surface area (Å²) in [6.07, 6.45) is 7.61. The second-order valence-electron chi connectivity index (χ2n) is 9.68. The average molecular weight is 457 g/mol. The Morgan fingerprint density at radius 3 is 1.35 bits per heavy atom. The SMILES string of the molecule is CC(C)CCc1ccc(O)c(C=Nc2ccc(N=Cc3cc(CCC(C)C)ccc3O)cc2)c1. The fourth-order valence-corrected chi connectivity index (χ4v) is 3.55. The van der Waals surface area contributed by atoms with E-state index in [1.54, 1.807) is 24.6 Å². The fourth-order valence-electron chi connectivity index (χ4n) is 3.55. The maximum absolute atomic E-state index is 10.2. The number of aryl methyl sites for hydroxylation is 2. The van der Waals surface area contributed by atoms with Gasteiger partial charge in [-0.15, -0.1) is 0 Å². The molecule has 0 bridgehead atoms. The second-order valence-corrected chi connectivity index (χ2v) is 9.68. The molecular formula is C30H36N2O2. The molecule has 0 aromatic heterocycles. The van der Waals surface area contributed by atoms with Gasteiger partial charge in [-0.1, -0.05) is 39.8 Å². The highest BCUT2D eigenvalue weighted by molar-refractivity contribution is 5.86. The first-order valence-corrected chi connectivity index (χ1v) is 12.1. The number of benzene rings is 3. The molecule has 0 saturated carbocycles. The summed E-state index contributed by atoms with van der Waals surface area (Å²) in [6, 6.07) is 19.0. The summed E-state index contributed by atoms with van der Waals surface area (Å²) in [5, 5.41) is 20.4. The third-order valence-corrected chi connectivity index (χ3v) is 5.76. The molecule has 4 nitrogen and oxygen atoms in total. The van der Waals surface area contributed by atoms with Crippen molar-refractivity contribution in [3.8, 4) is 11.5 Å². The van der Waals surface area contributed by atoms with Crippen molar-refractivity contribution in [3.63, 3.8) is 0 Å². The molecule has 0 aliphatic heterocycles. The van der Waals surface area contributed by atoms with Crippen LogP contribution in [0.5, 0.6) is 11.5 Å². The lowest BCUT2D eigenvalue weighted by Crippen LogP contribution is -1.93. The maximum atomic E-state index is 10.2. The lowest BCUT2D eigenvalue weighted by Gasteiger charge is -2.07. The minimum atomic E-state index is 0.230. The summed E-state index contributed by atoms with van der Waals surface area (Å²) in [5.74, 6) is 1.75. The highest BCUT2D eigenvalue weighted by atomic mass is 16.3. The molecule has 3 aromatic carbocycles. The Labute approximate surface area is 203 Å². The molecule has 0 spiro atoms. The van der Waals surface area contributed by atoms with Crippen LogP contribution in [0, 0.1) is 11.8 Å². The Kier molecular flexibility index (Phi) is 9.03. The summed E-state index contributed by atoms with van der Waals surface area (Å²) in [7, 11) is 0. The number of hydrogen-bond donors (Lipinski definition) is 2. The minimum absolute atomic E-state index is 0.230. The quantitative estimate of drug-likeness (QED) is 0.306. The van der Waals surface area contributed by atoms with Crippen LogP contribution in [0.2, 0.25) is 0 Å². The van der Waals surface area contributed by atoms with Gasteiger partial charge in [-0.05, 0) is 97.2 Å². The predicted molar refractivity (Wildman–Crippen MR) is 143 cm³/mol. The highest BCUT2D eigenvalue weighted by Gasteiger charge is 2.04. The summed E-state index contributed by atoms with van der Waals surface area (Å²) in [6.45, 7) is 8.85. The molecule has 2 N–H and O–H groups in total. The van der Waals surface area contributed by atoms with Crippen molar-refractivity contribution in [3.05, 3.63) is 82.9 Å². The number of nitrogens with zero attached hydrogens (tertiary/aromatic N) is 2. The van der Waals surface area contributed by atoms with Crippen LogP contribution in [-0.2, 0) is 12.8 Å². The Morgan fingerprint density at radius 2 is 1.00 bits per heavy atom. The Hall–Kier alpha value is -3.40. The van der Waals surface area contributed by atoms with E-state index in [-0.39, 0.29) is 11.5 Å². The smallest absolute Gasteiger partial charge is 0.124 e. The molecule has 0 radical (unpaired) electrons. The molecule has 0 fully saturated rings. The van der Waals surface area contributed by atoms with Gasteiger partial charge in [0.2, 0.25) is 0 Å². The molecule has 0 unspecified atom stereocenters. The van der Waals surface area contributed by atoms with Gasteiger partial charge in [0.15, 0.2) is 0 Å². The van der Waals surface area contributed by atoms with E-state index in [0.717, 1.165) is 48.2 Å². The van der Waals surface area contributed by atoms with Crippen molar-refractivity contribution < 1.29 is 10.2 Å². The van der Waals surface area contributed by atoms with E-state index in [4.69, 9.17) is 0 Å². The highest BCUT2D eigenvalue weighted by Crippen LogP contribution is 2.23. The maximum Gasteiger partial charge on any atom is 0.124 e. The molecule has 0 saturated heterocycles. The molecule has 3 rings (SSSR count). The Morgan fingerprint density at radius 1 is 0.618 bits per heavy atom. The summed E-state index contributed by atoms with van der Waals surface area (Å²) in [5.41, 5.74) is 5.41. The van der Waals surface area contributed by atoms with Crippen molar-refractivity contribution in [1.82, 2.24) is 0 Å². The van der Waals surface area contributed by atoms with Crippen LogP contribution in [0.4, 0.5) is 11.4 Å². The number of phenols is 2. The van der Waals surface area contributed by atoms with Crippen LogP contribution in [-0.4, -0.2) is 22.6 Å². The van der Waals surface area contributed by atoms with Gasteiger partial charge in [0, 0.05) is 23.6 Å². The standard InChI is InChI=1S/C30H36N2O2/c1-21(2)5-7-23-9-15-29(33)25(17-23)19-31-27-11-13-28(14-12-27)32-20-26-18-24(8-6-22(3)4)10-16-30(26)34/h9-22,33-34H,5-8H2,1-4H3. The van der Waals surface area contributed by atoms with E-state index in [9.17, 15) is 10.2 Å². The zero-order valence-electron chi connectivity index (χ0n) is 20.7. The van der Waals surface area contributed by atoms with Crippen molar-refractivity contribution in [2.45, 2.75) is 53.4 Å². The Bertz CT molecular complexity index is 1040. The molecule has 0 aliphatic rings. The van der Waals surface area contributed by atoms with Crippen molar-refractivity contribution in [2.75, 3.05) is 0 Å². The zero-order chi connectivity index (χ0) is 24.5. The largest absolute Gasteiger partial charge is 0.507 e. The summed E-state index contributed by atoms with van der Waals surface area (Å²) >= 11 is 0. The van der Waals surface area contributed by atoms with Gasteiger partial charge >= 0.3 is 0 Å². The van der Waals surface area contributed by atoms with Crippen LogP contribution in [0.25, 0.3) is 0 Å². The third kappa shape index (κ3) is 7.87. The monoisotopic (exact) mass is 456 g/mol. The van der Waals surface area contributed by atoms with Crippen LogP contribution in [0.3, 0.4) is 0 Å². The van der Waals surface area contributed by atoms with Crippen molar-refractivity contribution >= 4 is 23.8 Å². The first-order valence-electron chi connectivity index (χ1n) is 12.1. The van der Waals surface area contributed by atoms with Gasteiger partial charge in [0.25, 0.3) is 0 Å². The average Bonchev–Trinajstić information content (AvgIpc) is 2.82. The van der Waals surface area contributed by atoms with Gasteiger partial charge in [0.05, 0.1) is 11.4 Å². The number of aliphatic imine (C=N–C) groups is 2. The van der Waals surface area contributed by atoms with Crippen LogP contribution in [0.15, 0.2) is 70.6 Å². The van der Waals surface area contributed by atoms with Crippen molar-refractivity contribution in [2.24, 2.45) is 21.8 Å². The molecule has 3 aromatic rings. The molecule has 0 aliphatic carbocycles. The van der Waals surface area contributed by atoms with Gasteiger partial charge in [-0.25, -0.2) is 0 Å². The number of aromatic hydroxyl groups is 2. The molecule has 0 atom stereocenters. The van der Waals surface area contributed by atoms with Gasteiger partial charge in [-0.3, -0.25) is 9.98 Å². The first-order chi connectivity index (χ1) is 16.3. The molecular weight excluding hydrogens is 420 g/mol. The number of hydrogen-bond acceptors (Lipinski definition) is 4. The van der Waals surface area contributed by atoms with Gasteiger partial charge in [0.1, 0.15) is 11.5 Å². The van der Waals surface area contributed by atoms with E-state index in [2.05, 4.69) is 37.7 Å². The molecule has 178 valence electrons. The summed E-state index contributed by atoms with van der Waals surface area (Å²) in [4.78, 5) is 9.03. The van der Waals surface area contributed by atoms with Gasteiger partial charge in [-0.2, -0.15) is 0 Å². The third-order valence-electron chi connectivity index (χ3n) is 5.76. The van der Waals surface area contributed by atoms with Crippen LogP contribution < -0.4 is 0 Å².